The first-order chi connectivity index (χ1) is 7.49. The number of thiophene rings is 1. The topological polar surface area (TPSA) is 29.1 Å². The highest BCUT2D eigenvalue weighted by Gasteiger charge is 2.11. The lowest BCUT2D eigenvalue weighted by Crippen LogP contribution is -2.29. The maximum atomic E-state index is 11.7. The number of amides is 1. The van der Waals surface area contributed by atoms with Gasteiger partial charge in [-0.15, -0.1) is 11.3 Å². The maximum absolute atomic E-state index is 11.7. The van der Waals surface area contributed by atoms with E-state index in [1.54, 1.807) is 0 Å². The monoisotopic (exact) mass is 367 g/mol. The van der Waals surface area contributed by atoms with Gasteiger partial charge in [-0.3, -0.25) is 4.79 Å². The van der Waals surface area contributed by atoms with Crippen LogP contribution in [0.1, 0.15) is 29.9 Å². The van der Waals surface area contributed by atoms with Gasteiger partial charge in [-0.05, 0) is 40.4 Å². The van der Waals surface area contributed by atoms with Crippen molar-refractivity contribution in [2.24, 2.45) is 5.92 Å². The van der Waals surface area contributed by atoms with E-state index in [9.17, 15) is 4.79 Å². The normalized spacial score (nSPS) is 12.8. The van der Waals surface area contributed by atoms with Crippen LogP contribution in [0.15, 0.2) is 15.9 Å². The number of alkyl halides is 1. The number of nitrogens with one attached hydrogen (secondary N) is 1. The average molecular weight is 369 g/mol. The zero-order valence-corrected chi connectivity index (χ0v) is 13.3. The Morgan fingerprint density at radius 1 is 1.50 bits per heavy atom. The molecule has 1 N–H and O–H groups in total. The minimum Gasteiger partial charge on any atom is -0.350 e. The Labute approximate surface area is 117 Å². The van der Waals surface area contributed by atoms with Crippen molar-refractivity contribution in [1.82, 2.24) is 5.32 Å². The molecule has 1 aromatic rings. The minimum absolute atomic E-state index is 0.00362. The van der Waals surface area contributed by atoms with Crippen molar-refractivity contribution in [3.8, 4) is 0 Å². The van der Waals surface area contributed by atoms with Gasteiger partial charge < -0.3 is 5.32 Å². The Hall–Kier alpha value is 0.130. The summed E-state index contributed by atoms with van der Waals surface area (Å²) in [5, 5.41) is 2.92. The van der Waals surface area contributed by atoms with Crippen LogP contribution in [-0.4, -0.2) is 17.3 Å². The zero-order chi connectivity index (χ0) is 12.1. The lowest BCUT2D eigenvalue weighted by Gasteiger charge is -2.12. The van der Waals surface area contributed by atoms with Gasteiger partial charge in [0, 0.05) is 11.4 Å². The van der Waals surface area contributed by atoms with Crippen molar-refractivity contribution in [2.45, 2.75) is 25.1 Å². The molecule has 2 nitrogen and oxygen atoms in total. The fraction of sp³-hybridized carbons (Fsp3) is 0.545. The first kappa shape index (κ1) is 14.2. The van der Waals surface area contributed by atoms with Gasteiger partial charge in [-0.25, -0.2) is 0 Å². The predicted molar refractivity (Wildman–Crippen MR) is 76.5 cm³/mol. The lowest BCUT2D eigenvalue weighted by molar-refractivity contribution is 0.0957. The second kappa shape index (κ2) is 6.77. The number of carbonyl (C=O) groups is 1. The Morgan fingerprint density at radius 3 is 2.69 bits per heavy atom. The summed E-state index contributed by atoms with van der Waals surface area (Å²) < 4.78 is 0.982. The fourth-order valence-corrected chi connectivity index (χ4v) is 3.53. The molecule has 5 heteroatoms. The van der Waals surface area contributed by atoms with Crippen molar-refractivity contribution < 1.29 is 4.79 Å². The standard InChI is InChI=1S/C11H15Br2NOS/c1-7(2)5-8(12)6-14-11(15)9-3-4-10(13)16-9/h3-4,7-8H,5-6H2,1-2H3,(H,14,15). The molecule has 0 aliphatic rings. The average Bonchev–Trinajstić information content (AvgIpc) is 2.60. The molecule has 1 atom stereocenters. The second-order valence-electron chi connectivity index (χ2n) is 4.04. The number of hydrogen-bond donors (Lipinski definition) is 1. The van der Waals surface area contributed by atoms with Crippen LogP contribution in [0.2, 0.25) is 0 Å². The van der Waals surface area contributed by atoms with Crippen LogP contribution in [0, 0.1) is 5.92 Å². The minimum atomic E-state index is 0.00362. The van der Waals surface area contributed by atoms with Gasteiger partial charge in [0.15, 0.2) is 0 Å². The highest BCUT2D eigenvalue weighted by molar-refractivity contribution is 9.11. The highest BCUT2D eigenvalue weighted by atomic mass is 79.9. The number of halogens is 2. The number of carbonyl (C=O) groups excluding carboxylic acids is 1. The SMILES string of the molecule is CC(C)CC(Br)CNC(=O)c1ccc(Br)s1. The summed E-state index contributed by atoms with van der Waals surface area (Å²) in [6.45, 7) is 5.02. The van der Waals surface area contributed by atoms with E-state index in [-0.39, 0.29) is 5.91 Å². The molecule has 0 spiro atoms. The summed E-state index contributed by atoms with van der Waals surface area (Å²) in [4.78, 5) is 12.8. The molecule has 90 valence electrons. The third-order valence-corrected chi connectivity index (χ3v) is 4.33. The quantitative estimate of drug-likeness (QED) is 0.780. The Balaban J connectivity index is 2.35. The van der Waals surface area contributed by atoms with Crippen LogP contribution >= 0.6 is 43.2 Å². The van der Waals surface area contributed by atoms with E-state index < -0.39 is 0 Å². The van der Waals surface area contributed by atoms with E-state index in [4.69, 9.17) is 0 Å². The van der Waals surface area contributed by atoms with Gasteiger partial charge >= 0.3 is 0 Å². The highest BCUT2D eigenvalue weighted by Crippen LogP contribution is 2.22. The van der Waals surface area contributed by atoms with Crippen LogP contribution in [0.5, 0.6) is 0 Å². The van der Waals surface area contributed by atoms with E-state index >= 15 is 0 Å². The van der Waals surface area contributed by atoms with Crippen LogP contribution in [0.25, 0.3) is 0 Å². The van der Waals surface area contributed by atoms with E-state index in [0.29, 0.717) is 17.3 Å². The molecule has 0 fully saturated rings. The Kier molecular flexibility index (Phi) is 6.00. The van der Waals surface area contributed by atoms with E-state index in [1.807, 2.05) is 12.1 Å². The number of rotatable bonds is 5. The van der Waals surface area contributed by atoms with Crippen LogP contribution in [0.4, 0.5) is 0 Å². The molecule has 1 rings (SSSR count). The van der Waals surface area contributed by atoms with Crippen molar-refractivity contribution in [3.05, 3.63) is 20.8 Å². The lowest BCUT2D eigenvalue weighted by atomic mass is 10.1. The first-order valence-corrected chi connectivity index (χ1v) is 7.69. The van der Waals surface area contributed by atoms with E-state index in [1.165, 1.54) is 11.3 Å². The first-order valence-electron chi connectivity index (χ1n) is 5.16. The molecule has 0 saturated carbocycles. The Bertz CT molecular complexity index is 352. The van der Waals surface area contributed by atoms with Gasteiger partial charge in [0.1, 0.15) is 0 Å². The van der Waals surface area contributed by atoms with Gasteiger partial charge in [0.25, 0.3) is 5.91 Å². The molecule has 0 saturated heterocycles. The molecule has 1 unspecified atom stereocenters. The predicted octanol–water partition coefficient (Wildman–Crippen LogP) is 4.05. The van der Waals surface area contributed by atoms with Gasteiger partial charge in [0.05, 0.1) is 8.66 Å². The van der Waals surface area contributed by atoms with E-state index in [0.717, 1.165) is 15.1 Å². The molecule has 1 aromatic heterocycles. The van der Waals surface area contributed by atoms with Gasteiger partial charge in [-0.2, -0.15) is 0 Å². The van der Waals surface area contributed by atoms with Crippen molar-refractivity contribution >= 4 is 49.1 Å². The summed E-state index contributed by atoms with van der Waals surface area (Å²) in [7, 11) is 0. The van der Waals surface area contributed by atoms with Crippen molar-refractivity contribution in [2.75, 3.05) is 6.54 Å². The van der Waals surface area contributed by atoms with Crippen LogP contribution < -0.4 is 5.32 Å². The largest absolute Gasteiger partial charge is 0.350 e. The summed E-state index contributed by atoms with van der Waals surface area (Å²) in [5.74, 6) is 0.640. The smallest absolute Gasteiger partial charge is 0.261 e. The fourth-order valence-electron chi connectivity index (χ4n) is 1.32. The third kappa shape index (κ3) is 4.97. The maximum Gasteiger partial charge on any atom is 0.261 e. The molecule has 0 aromatic carbocycles. The molecular weight excluding hydrogens is 354 g/mol. The Morgan fingerprint density at radius 2 is 2.19 bits per heavy atom. The van der Waals surface area contributed by atoms with Crippen LogP contribution in [-0.2, 0) is 0 Å². The van der Waals surface area contributed by atoms with Crippen molar-refractivity contribution in [1.29, 1.82) is 0 Å². The van der Waals surface area contributed by atoms with Crippen LogP contribution in [0.3, 0.4) is 0 Å². The van der Waals surface area contributed by atoms with Gasteiger partial charge in [0.2, 0.25) is 0 Å². The molecule has 0 aliphatic heterocycles. The summed E-state index contributed by atoms with van der Waals surface area (Å²) in [5.41, 5.74) is 0. The number of hydrogen-bond acceptors (Lipinski definition) is 2. The summed E-state index contributed by atoms with van der Waals surface area (Å²) in [6.07, 6.45) is 1.06. The zero-order valence-electron chi connectivity index (χ0n) is 9.30. The molecular formula is C11H15Br2NOS. The molecule has 1 amide bonds. The van der Waals surface area contributed by atoms with E-state index in [2.05, 4.69) is 51.0 Å². The summed E-state index contributed by atoms with van der Waals surface area (Å²) in [6, 6.07) is 3.72. The molecule has 0 bridgehead atoms. The summed E-state index contributed by atoms with van der Waals surface area (Å²) >= 11 is 8.36. The molecule has 16 heavy (non-hydrogen) atoms. The second-order valence-corrected chi connectivity index (χ2v) is 7.80. The third-order valence-electron chi connectivity index (χ3n) is 2.01. The molecule has 0 radical (unpaired) electrons. The molecule has 1 heterocycles. The van der Waals surface area contributed by atoms with Crippen molar-refractivity contribution in [3.63, 3.8) is 0 Å². The van der Waals surface area contributed by atoms with Gasteiger partial charge in [-0.1, -0.05) is 29.8 Å². The molecule has 0 aliphatic carbocycles.